The fourth-order valence-corrected chi connectivity index (χ4v) is 2.59. The summed E-state index contributed by atoms with van der Waals surface area (Å²) in [5.41, 5.74) is 1.04. The first kappa shape index (κ1) is 17.8. The second-order valence-corrected chi connectivity index (χ2v) is 5.80. The van der Waals surface area contributed by atoms with E-state index in [-0.39, 0.29) is 5.69 Å². The highest BCUT2D eigenvalue weighted by Crippen LogP contribution is 2.14. The maximum atomic E-state index is 12.3. The maximum absolute atomic E-state index is 12.3. The smallest absolute Gasteiger partial charge is 0.276 e. The second-order valence-electron chi connectivity index (χ2n) is 5.80. The molecule has 0 spiro atoms. The molecule has 8 heteroatoms. The summed E-state index contributed by atoms with van der Waals surface area (Å²) in [5.74, 6) is 0.215. The lowest BCUT2D eigenvalue weighted by Crippen LogP contribution is -2.39. The Morgan fingerprint density at radius 3 is 2.73 bits per heavy atom. The fourth-order valence-electron chi connectivity index (χ4n) is 2.59. The van der Waals surface area contributed by atoms with Crippen LogP contribution in [0.15, 0.2) is 36.4 Å². The zero-order valence-corrected chi connectivity index (χ0v) is 14.3. The quantitative estimate of drug-likeness (QED) is 0.809. The number of aromatic nitrogens is 2. The van der Waals surface area contributed by atoms with Gasteiger partial charge in [0.15, 0.2) is 5.69 Å². The number of hydrogen-bond donors (Lipinski definition) is 2. The molecule has 1 aromatic heterocycles. The zero-order chi connectivity index (χ0) is 18.2. The Morgan fingerprint density at radius 2 is 2.00 bits per heavy atom. The van der Waals surface area contributed by atoms with Crippen molar-refractivity contribution in [1.29, 1.82) is 5.26 Å². The average Bonchev–Trinajstić information content (AvgIpc) is 2.70. The minimum absolute atomic E-state index is 0.191. The predicted molar refractivity (Wildman–Crippen MR) is 96.9 cm³/mol. The number of ether oxygens (including phenoxy) is 1. The van der Waals surface area contributed by atoms with Crippen LogP contribution in [0.1, 0.15) is 16.1 Å². The summed E-state index contributed by atoms with van der Waals surface area (Å²) in [6.07, 6.45) is 0. The van der Waals surface area contributed by atoms with E-state index in [1.165, 1.54) is 0 Å². The van der Waals surface area contributed by atoms with Crippen LogP contribution in [0.2, 0.25) is 0 Å². The highest BCUT2D eigenvalue weighted by molar-refractivity contribution is 6.03. The highest BCUT2D eigenvalue weighted by Gasteiger charge is 2.12. The minimum Gasteiger partial charge on any atom is -0.379 e. The number of morpholine rings is 1. The van der Waals surface area contributed by atoms with Gasteiger partial charge in [-0.05, 0) is 24.3 Å². The molecule has 8 nitrogen and oxygen atoms in total. The molecule has 3 rings (SSSR count). The third-order valence-electron chi connectivity index (χ3n) is 4.03. The molecule has 2 heterocycles. The maximum Gasteiger partial charge on any atom is 0.276 e. The van der Waals surface area contributed by atoms with E-state index in [9.17, 15) is 4.79 Å². The standard InChI is InChI=1S/C18H20N6O2/c19-13-14-3-1-2-4-15(14)21-18(25)16-5-6-17(23-22-16)20-7-8-24-9-11-26-12-10-24/h1-6H,7-12H2,(H,20,23)(H,21,25). The molecule has 1 amide bonds. The van der Waals surface area contributed by atoms with Gasteiger partial charge in [-0.2, -0.15) is 5.26 Å². The van der Waals surface area contributed by atoms with E-state index in [1.54, 1.807) is 36.4 Å². The fraction of sp³-hybridized carbons (Fsp3) is 0.333. The second kappa shape index (κ2) is 8.89. The van der Waals surface area contributed by atoms with E-state index in [1.807, 2.05) is 6.07 Å². The summed E-state index contributed by atoms with van der Waals surface area (Å²) < 4.78 is 5.32. The molecule has 26 heavy (non-hydrogen) atoms. The van der Waals surface area contributed by atoms with Gasteiger partial charge in [0.2, 0.25) is 0 Å². The number of nitriles is 1. The van der Waals surface area contributed by atoms with Gasteiger partial charge in [0.1, 0.15) is 11.9 Å². The molecule has 2 aromatic rings. The Morgan fingerprint density at radius 1 is 1.19 bits per heavy atom. The van der Waals surface area contributed by atoms with Crippen molar-refractivity contribution in [2.45, 2.75) is 0 Å². The van der Waals surface area contributed by atoms with Gasteiger partial charge in [-0.25, -0.2) is 0 Å². The molecule has 134 valence electrons. The number of carbonyl (C=O) groups is 1. The van der Waals surface area contributed by atoms with Gasteiger partial charge in [0.25, 0.3) is 5.91 Å². The van der Waals surface area contributed by atoms with Crippen molar-refractivity contribution in [3.8, 4) is 6.07 Å². The average molecular weight is 352 g/mol. The van der Waals surface area contributed by atoms with Crippen LogP contribution in [-0.2, 0) is 4.74 Å². The number of benzene rings is 1. The van der Waals surface area contributed by atoms with E-state index in [4.69, 9.17) is 10.00 Å². The molecule has 1 saturated heterocycles. The third kappa shape index (κ3) is 4.75. The number of carbonyl (C=O) groups excluding carboxylic acids is 1. The Kier molecular flexibility index (Phi) is 6.09. The summed E-state index contributed by atoms with van der Waals surface area (Å²) in [6, 6.07) is 12.2. The third-order valence-corrected chi connectivity index (χ3v) is 4.03. The lowest BCUT2D eigenvalue weighted by atomic mass is 10.2. The van der Waals surface area contributed by atoms with Gasteiger partial charge in [-0.3, -0.25) is 9.69 Å². The zero-order valence-electron chi connectivity index (χ0n) is 14.3. The first-order valence-corrected chi connectivity index (χ1v) is 8.44. The Hall–Kier alpha value is -3.02. The number of nitrogens with zero attached hydrogens (tertiary/aromatic N) is 4. The van der Waals surface area contributed by atoms with Crippen LogP contribution >= 0.6 is 0 Å². The summed E-state index contributed by atoms with van der Waals surface area (Å²) in [4.78, 5) is 14.6. The summed E-state index contributed by atoms with van der Waals surface area (Å²) in [7, 11) is 0. The Labute approximate surface area is 151 Å². The molecule has 0 aliphatic carbocycles. The van der Waals surface area contributed by atoms with E-state index in [0.29, 0.717) is 17.1 Å². The summed E-state index contributed by atoms with van der Waals surface area (Å²) in [5, 5.41) is 22.9. The van der Waals surface area contributed by atoms with E-state index >= 15 is 0 Å². The topological polar surface area (TPSA) is 103 Å². The molecule has 1 fully saturated rings. The molecule has 2 N–H and O–H groups in total. The van der Waals surface area contributed by atoms with Crippen LogP contribution < -0.4 is 10.6 Å². The van der Waals surface area contributed by atoms with Crippen molar-refractivity contribution in [1.82, 2.24) is 15.1 Å². The molecule has 0 unspecified atom stereocenters. The molecular weight excluding hydrogens is 332 g/mol. The van der Waals surface area contributed by atoms with Crippen LogP contribution in [0.25, 0.3) is 0 Å². The van der Waals surface area contributed by atoms with Crippen molar-refractivity contribution in [2.75, 3.05) is 50.0 Å². The highest BCUT2D eigenvalue weighted by atomic mass is 16.5. The minimum atomic E-state index is -0.403. The molecule has 1 aromatic carbocycles. The van der Waals surface area contributed by atoms with E-state index < -0.39 is 5.91 Å². The van der Waals surface area contributed by atoms with Crippen molar-refractivity contribution in [3.63, 3.8) is 0 Å². The van der Waals surface area contributed by atoms with Gasteiger partial charge < -0.3 is 15.4 Å². The molecule has 1 aliphatic rings. The number of para-hydroxylation sites is 1. The number of amides is 1. The lowest BCUT2D eigenvalue weighted by molar-refractivity contribution is 0.0398. The van der Waals surface area contributed by atoms with Gasteiger partial charge in [-0.1, -0.05) is 12.1 Å². The van der Waals surface area contributed by atoms with Crippen molar-refractivity contribution in [2.24, 2.45) is 0 Å². The first-order chi connectivity index (χ1) is 12.8. The Bertz CT molecular complexity index is 781. The normalized spacial score (nSPS) is 14.4. The van der Waals surface area contributed by atoms with Crippen LogP contribution in [-0.4, -0.2) is 60.4 Å². The number of rotatable bonds is 6. The van der Waals surface area contributed by atoms with Crippen molar-refractivity contribution >= 4 is 17.4 Å². The van der Waals surface area contributed by atoms with Gasteiger partial charge >= 0.3 is 0 Å². The molecule has 0 bridgehead atoms. The van der Waals surface area contributed by atoms with Gasteiger partial charge in [0, 0.05) is 26.2 Å². The number of nitrogens with one attached hydrogen (secondary N) is 2. The van der Waals surface area contributed by atoms with E-state index in [0.717, 1.165) is 39.4 Å². The predicted octanol–water partition coefficient (Wildman–Crippen LogP) is 1.34. The summed E-state index contributed by atoms with van der Waals surface area (Å²) in [6.45, 7) is 5.08. The largest absolute Gasteiger partial charge is 0.379 e. The van der Waals surface area contributed by atoms with Crippen molar-refractivity contribution < 1.29 is 9.53 Å². The molecule has 0 radical (unpaired) electrons. The van der Waals surface area contributed by atoms with Gasteiger partial charge in [-0.15, -0.1) is 10.2 Å². The van der Waals surface area contributed by atoms with Crippen LogP contribution in [0, 0.1) is 11.3 Å². The number of anilines is 2. The molecule has 1 aliphatic heterocycles. The van der Waals surface area contributed by atoms with E-state index in [2.05, 4.69) is 25.7 Å². The van der Waals surface area contributed by atoms with Crippen LogP contribution in [0.3, 0.4) is 0 Å². The SMILES string of the molecule is N#Cc1ccccc1NC(=O)c1ccc(NCCN2CCOCC2)nn1. The Balaban J connectivity index is 1.52. The van der Waals surface area contributed by atoms with Crippen molar-refractivity contribution in [3.05, 3.63) is 47.7 Å². The monoisotopic (exact) mass is 352 g/mol. The lowest BCUT2D eigenvalue weighted by Gasteiger charge is -2.26. The first-order valence-electron chi connectivity index (χ1n) is 8.44. The van der Waals surface area contributed by atoms with Gasteiger partial charge in [0.05, 0.1) is 24.5 Å². The van der Waals surface area contributed by atoms with Crippen LogP contribution in [0.4, 0.5) is 11.5 Å². The summed E-state index contributed by atoms with van der Waals surface area (Å²) >= 11 is 0. The molecular formula is C18H20N6O2. The molecule has 0 saturated carbocycles. The molecule has 0 atom stereocenters. The van der Waals surface area contributed by atoms with Crippen LogP contribution in [0.5, 0.6) is 0 Å². The number of hydrogen-bond acceptors (Lipinski definition) is 7.